The lowest BCUT2D eigenvalue weighted by Crippen LogP contribution is -2.41. The summed E-state index contributed by atoms with van der Waals surface area (Å²) in [4.78, 5) is 49.8. The molecule has 2 aliphatic rings. The molecule has 1 atom stereocenters. The summed E-state index contributed by atoms with van der Waals surface area (Å²) < 4.78 is 5.29. The minimum absolute atomic E-state index is 0.120. The number of esters is 1. The van der Waals surface area contributed by atoms with Crippen LogP contribution in [0.2, 0.25) is 0 Å². The van der Waals surface area contributed by atoms with Gasteiger partial charge >= 0.3 is 5.97 Å². The fourth-order valence-corrected chi connectivity index (χ4v) is 4.84. The zero-order chi connectivity index (χ0) is 18.7. The third-order valence-corrected chi connectivity index (χ3v) is 6.36. The minimum atomic E-state index is -0.944. The molecular formula is C17H20N2O5S2. The van der Waals surface area contributed by atoms with E-state index in [1.165, 1.54) is 11.8 Å². The molecule has 1 fully saturated rings. The summed E-state index contributed by atoms with van der Waals surface area (Å²) in [5.41, 5.74) is 1.62. The van der Waals surface area contributed by atoms with Crippen molar-refractivity contribution in [2.24, 2.45) is 0 Å². The van der Waals surface area contributed by atoms with E-state index in [9.17, 15) is 19.2 Å². The fraction of sp³-hybridized carbons (Fsp3) is 0.529. The summed E-state index contributed by atoms with van der Waals surface area (Å²) in [6.07, 6.45) is 3.13. The average Bonchev–Trinajstić information content (AvgIpc) is 3.19. The summed E-state index contributed by atoms with van der Waals surface area (Å²) >= 11 is 2.52. The first kappa shape index (κ1) is 18.9. The molecule has 1 aromatic heterocycles. The Kier molecular flexibility index (Phi) is 5.98. The first-order valence-corrected chi connectivity index (χ1v) is 10.4. The molecule has 26 heavy (non-hydrogen) atoms. The highest BCUT2D eigenvalue weighted by molar-refractivity contribution is 8.14. The van der Waals surface area contributed by atoms with Crippen molar-refractivity contribution in [2.45, 2.75) is 38.7 Å². The zero-order valence-electron chi connectivity index (χ0n) is 14.4. The van der Waals surface area contributed by atoms with Crippen LogP contribution in [0.3, 0.4) is 0 Å². The third-order valence-electron chi connectivity index (χ3n) is 4.41. The molecule has 0 spiro atoms. The molecule has 3 amide bonds. The predicted molar refractivity (Wildman–Crippen MR) is 98.4 cm³/mol. The van der Waals surface area contributed by atoms with Gasteiger partial charge in [0.1, 0.15) is 0 Å². The second-order valence-electron chi connectivity index (χ2n) is 6.20. The van der Waals surface area contributed by atoms with E-state index in [-0.39, 0.29) is 30.0 Å². The van der Waals surface area contributed by atoms with Crippen LogP contribution in [0, 0.1) is 0 Å². The quantitative estimate of drug-likeness (QED) is 0.739. The van der Waals surface area contributed by atoms with Gasteiger partial charge in [-0.15, -0.1) is 11.3 Å². The second kappa shape index (κ2) is 8.22. The molecule has 0 saturated carbocycles. The van der Waals surface area contributed by atoms with Crippen molar-refractivity contribution in [1.29, 1.82) is 0 Å². The van der Waals surface area contributed by atoms with Crippen LogP contribution in [0.1, 0.15) is 40.6 Å². The summed E-state index contributed by atoms with van der Waals surface area (Å²) in [5, 5.41) is 4.11. The minimum Gasteiger partial charge on any atom is -0.449 e. The SMILES string of the molecule is C[C@H](OC(=O)c1csc2c1CCCC2)C(=O)NCCN1C(=O)CSC1=O. The Bertz CT molecular complexity index is 730. The number of thioether (sulfide) groups is 1. The van der Waals surface area contributed by atoms with Gasteiger partial charge in [-0.2, -0.15) is 0 Å². The fourth-order valence-electron chi connectivity index (χ4n) is 2.97. The van der Waals surface area contributed by atoms with Gasteiger partial charge in [0, 0.05) is 23.3 Å². The van der Waals surface area contributed by atoms with Crippen molar-refractivity contribution in [3.63, 3.8) is 0 Å². The Morgan fingerprint density at radius 1 is 1.31 bits per heavy atom. The summed E-state index contributed by atoms with van der Waals surface area (Å²) in [6, 6.07) is 0. The molecule has 1 aromatic rings. The summed E-state index contributed by atoms with van der Waals surface area (Å²) in [6.45, 7) is 1.76. The zero-order valence-corrected chi connectivity index (χ0v) is 16.0. The lowest BCUT2D eigenvalue weighted by Gasteiger charge is -2.17. The number of rotatable bonds is 6. The number of hydrogen-bond acceptors (Lipinski definition) is 7. The molecule has 1 aliphatic carbocycles. The van der Waals surface area contributed by atoms with E-state index >= 15 is 0 Å². The van der Waals surface area contributed by atoms with E-state index in [2.05, 4.69) is 5.32 Å². The molecule has 7 nitrogen and oxygen atoms in total. The van der Waals surface area contributed by atoms with Crippen LogP contribution in [0.5, 0.6) is 0 Å². The Morgan fingerprint density at radius 3 is 2.81 bits per heavy atom. The number of ether oxygens (including phenoxy) is 1. The summed E-state index contributed by atoms with van der Waals surface area (Å²) in [7, 11) is 0. The smallest absolute Gasteiger partial charge is 0.340 e. The first-order chi connectivity index (χ1) is 12.5. The van der Waals surface area contributed by atoms with Crippen LogP contribution in [0.25, 0.3) is 0 Å². The van der Waals surface area contributed by atoms with Gasteiger partial charge in [-0.05, 0) is 38.2 Å². The van der Waals surface area contributed by atoms with Crippen molar-refractivity contribution < 1.29 is 23.9 Å². The highest BCUT2D eigenvalue weighted by Crippen LogP contribution is 2.30. The molecule has 0 bridgehead atoms. The number of fused-ring (bicyclic) bond motifs is 1. The maximum Gasteiger partial charge on any atom is 0.340 e. The van der Waals surface area contributed by atoms with Gasteiger partial charge in [-0.25, -0.2) is 4.79 Å². The third kappa shape index (κ3) is 4.09. The predicted octanol–water partition coefficient (Wildman–Crippen LogP) is 1.98. The Morgan fingerprint density at radius 2 is 2.08 bits per heavy atom. The number of thiophene rings is 1. The first-order valence-electron chi connectivity index (χ1n) is 8.52. The molecule has 1 aliphatic heterocycles. The Labute approximate surface area is 159 Å². The van der Waals surface area contributed by atoms with Crippen molar-refractivity contribution in [3.8, 4) is 0 Å². The second-order valence-corrected chi connectivity index (χ2v) is 8.09. The van der Waals surface area contributed by atoms with Gasteiger partial charge in [-0.1, -0.05) is 11.8 Å². The monoisotopic (exact) mass is 396 g/mol. The van der Waals surface area contributed by atoms with E-state index in [1.54, 1.807) is 11.3 Å². The van der Waals surface area contributed by atoms with Crippen molar-refractivity contribution in [1.82, 2.24) is 10.2 Å². The lowest BCUT2D eigenvalue weighted by molar-refractivity contribution is -0.130. The number of aryl methyl sites for hydroxylation is 1. The van der Waals surface area contributed by atoms with Gasteiger partial charge in [0.15, 0.2) is 6.10 Å². The number of nitrogens with zero attached hydrogens (tertiary/aromatic N) is 1. The molecule has 0 aromatic carbocycles. The average molecular weight is 396 g/mol. The van der Waals surface area contributed by atoms with Gasteiger partial charge in [0.2, 0.25) is 5.91 Å². The van der Waals surface area contributed by atoms with Crippen LogP contribution in [0.15, 0.2) is 5.38 Å². The van der Waals surface area contributed by atoms with Crippen molar-refractivity contribution in [2.75, 3.05) is 18.8 Å². The van der Waals surface area contributed by atoms with Crippen molar-refractivity contribution in [3.05, 3.63) is 21.4 Å². The Balaban J connectivity index is 1.48. The van der Waals surface area contributed by atoms with E-state index in [0.717, 1.165) is 47.9 Å². The Hall–Kier alpha value is -1.87. The van der Waals surface area contributed by atoms with E-state index < -0.39 is 18.0 Å². The highest BCUT2D eigenvalue weighted by atomic mass is 32.2. The standard InChI is InChI=1S/C17H20N2O5S2/c1-10(15(21)18-6-7-19-14(20)9-26-17(19)23)24-16(22)12-8-25-13-5-3-2-4-11(12)13/h8,10H,2-7,9H2,1H3,(H,18,21)/t10-/m0/s1. The van der Waals surface area contributed by atoms with Crippen LogP contribution >= 0.6 is 23.1 Å². The summed E-state index contributed by atoms with van der Waals surface area (Å²) in [5.74, 6) is -1.04. The number of carbonyl (C=O) groups is 4. The molecular weight excluding hydrogens is 376 g/mol. The van der Waals surface area contributed by atoms with Crippen LogP contribution in [-0.2, 0) is 27.2 Å². The topological polar surface area (TPSA) is 92.8 Å². The van der Waals surface area contributed by atoms with Crippen LogP contribution in [-0.4, -0.2) is 52.9 Å². The van der Waals surface area contributed by atoms with Gasteiger partial charge in [0.25, 0.3) is 11.1 Å². The van der Waals surface area contributed by atoms with Crippen molar-refractivity contribution >= 4 is 46.1 Å². The molecule has 9 heteroatoms. The molecule has 3 rings (SSSR count). The van der Waals surface area contributed by atoms with E-state index in [4.69, 9.17) is 4.74 Å². The van der Waals surface area contributed by atoms with E-state index in [0.29, 0.717) is 5.56 Å². The molecule has 1 N–H and O–H groups in total. The number of carbonyl (C=O) groups excluding carboxylic acids is 4. The van der Waals surface area contributed by atoms with Gasteiger partial charge in [0.05, 0.1) is 11.3 Å². The highest BCUT2D eigenvalue weighted by Gasteiger charge is 2.30. The molecule has 0 unspecified atom stereocenters. The molecule has 140 valence electrons. The maximum absolute atomic E-state index is 12.4. The maximum atomic E-state index is 12.4. The van der Waals surface area contributed by atoms with E-state index in [1.807, 2.05) is 5.38 Å². The molecule has 2 heterocycles. The molecule has 0 radical (unpaired) electrons. The van der Waals surface area contributed by atoms with Crippen LogP contribution in [0.4, 0.5) is 4.79 Å². The number of amides is 3. The molecule has 1 saturated heterocycles. The van der Waals surface area contributed by atoms with Crippen LogP contribution < -0.4 is 5.32 Å². The van der Waals surface area contributed by atoms with Gasteiger partial charge in [-0.3, -0.25) is 19.3 Å². The number of hydrogen-bond donors (Lipinski definition) is 1. The largest absolute Gasteiger partial charge is 0.449 e. The number of imide groups is 1. The lowest BCUT2D eigenvalue weighted by atomic mass is 9.96. The van der Waals surface area contributed by atoms with Gasteiger partial charge < -0.3 is 10.1 Å². The normalized spacial score (nSPS) is 17.8. The number of nitrogens with one attached hydrogen (secondary N) is 1.